The van der Waals surface area contributed by atoms with Crippen LogP contribution in [0.3, 0.4) is 0 Å². The van der Waals surface area contributed by atoms with Gasteiger partial charge in [-0.3, -0.25) is 0 Å². The fourth-order valence-electron chi connectivity index (χ4n) is 4.02. The van der Waals surface area contributed by atoms with Gasteiger partial charge in [0.2, 0.25) is 0 Å². The lowest BCUT2D eigenvalue weighted by Crippen LogP contribution is -2.45. The van der Waals surface area contributed by atoms with Crippen LogP contribution >= 0.6 is 0 Å². The molecule has 14 heavy (non-hydrogen) atoms. The molecule has 0 saturated heterocycles. The molecule has 2 heteroatoms. The Morgan fingerprint density at radius 1 is 1.14 bits per heavy atom. The van der Waals surface area contributed by atoms with Crippen molar-refractivity contribution >= 4 is 0 Å². The van der Waals surface area contributed by atoms with Gasteiger partial charge in [-0.05, 0) is 55.8 Å². The summed E-state index contributed by atoms with van der Waals surface area (Å²) in [6.07, 6.45) is 7.22. The smallest absolute Gasteiger partial charge is 0.129 e. The van der Waals surface area contributed by atoms with Crippen molar-refractivity contribution in [2.45, 2.75) is 44.2 Å². The molecule has 2 N–H and O–H groups in total. The molecule has 1 nitrogen and oxygen atoms in total. The largest absolute Gasteiger partial charge is 0.328 e. The van der Waals surface area contributed by atoms with E-state index in [0.29, 0.717) is 17.8 Å². The first-order valence-electron chi connectivity index (χ1n) is 6.13. The van der Waals surface area contributed by atoms with Crippen molar-refractivity contribution in [2.75, 3.05) is 6.54 Å². The number of nitrogens with two attached hydrogens (primary N) is 1. The third-order valence-electron chi connectivity index (χ3n) is 4.92. The van der Waals surface area contributed by atoms with Gasteiger partial charge in [-0.1, -0.05) is 6.42 Å². The van der Waals surface area contributed by atoms with Crippen molar-refractivity contribution in [2.24, 2.45) is 29.4 Å². The minimum Gasteiger partial charge on any atom is -0.328 e. The zero-order valence-corrected chi connectivity index (χ0v) is 8.71. The van der Waals surface area contributed by atoms with Crippen LogP contribution in [0.2, 0.25) is 0 Å². The van der Waals surface area contributed by atoms with Crippen LogP contribution in [-0.2, 0) is 0 Å². The van der Waals surface area contributed by atoms with Crippen molar-refractivity contribution in [3.05, 3.63) is 0 Å². The van der Waals surface area contributed by atoms with Crippen LogP contribution in [0.5, 0.6) is 0 Å². The minimum absolute atomic E-state index is 0.269. The SMILES string of the molecule is NCC(F)(C1CC1)C1CC2CCC1C2. The fraction of sp³-hybridized carbons (Fsp3) is 1.00. The second-order valence-electron chi connectivity index (χ2n) is 5.69. The Balaban J connectivity index is 1.79. The van der Waals surface area contributed by atoms with Gasteiger partial charge < -0.3 is 5.73 Å². The lowest BCUT2D eigenvalue weighted by molar-refractivity contribution is 0.0316. The molecule has 3 rings (SSSR count). The molecule has 3 fully saturated rings. The maximum absolute atomic E-state index is 14.7. The summed E-state index contributed by atoms with van der Waals surface area (Å²) < 4.78 is 14.7. The van der Waals surface area contributed by atoms with E-state index in [1.165, 1.54) is 19.3 Å². The molecule has 0 amide bonds. The Morgan fingerprint density at radius 3 is 2.36 bits per heavy atom. The number of rotatable bonds is 3. The first-order chi connectivity index (χ1) is 6.74. The molecule has 0 aliphatic heterocycles. The van der Waals surface area contributed by atoms with Crippen LogP contribution in [-0.4, -0.2) is 12.2 Å². The van der Waals surface area contributed by atoms with E-state index in [1.54, 1.807) is 0 Å². The highest BCUT2D eigenvalue weighted by molar-refractivity contribution is 5.06. The normalized spacial score (nSPS) is 45.4. The molecule has 0 aromatic heterocycles. The molecule has 3 saturated carbocycles. The standard InChI is InChI=1S/C12H20FN/c13-12(7-14,10-3-4-10)11-6-8-1-2-9(11)5-8/h8-11H,1-7,14H2. The second-order valence-corrected chi connectivity index (χ2v) is 5.69. The van der Waals surface area contributed by atoms with E-state index in [4.69, 9.17) is 5.73 Å². The van der Waals surface area contributed by atoms with E-state index < -0.39 is 5.67 Å². The van der Waals surface area contributed by atoms with Crippen LogP contribution < -0.4 is 5.73 Å². The summed E-state index contributed by atoms with van der Waals surface area (Å²) in [6, 6.07) is 0. The Kier molecular flexibility index (Phi) is 1.92. The lowest BCUT2D eigenvalue weighted by Gasteiger charge is -2.36. The van der Waals surface area contributed by atoms with Crippen LogP contribution in [0.1, 0.15) is 38.5 Å². The molecule has 0 aromatic carbocycles. The van der Waals surface area contributed by atoms with Gasteiger partial charge in [0.25, 0.3) is 0 Å². The van der Waals surface area contributed by atoms with E-state index in [2.05, 4.69) is 0 Å². The molecule has 3 aliphatic rings. The maximum atomic E-state index is 14.7. The Hall–Kier alpha value is -0.110. The van der Waals surface area contributed by atoms with Crippen molar-refractivity contribution in [1.29, 1.82) is 0 Å². The van der Waals surface area contributed by atoms with Gasteiger partial charge in [0, 0.05) is 6.54 Å². The van der Waals surface area contributed by atoms with E-state index in [1.807, 2.05) is 0 Å². The number of halogens is 1. The van der Waals surface area contributed by atoms with Crippen LogP contribution in [0, 0.1) is 23.7 Å². The first kappa shape index (κ1) is 9.14. The van der Waals surface area contributed by atoms with Gasteiger partial charge in [-0.2, -0.15) is 0 Å². The highest BCUT2D eigenvalue weighted by atomic mass is 19.1. The minimum atomic E-state index is -0.986. The predicted molar refractivity (Wildman–Crippen MR) is 54.6 cm³/mol. The van der Waals surface area contributed by atoms with Crippen molar-refractivity contribution in [3.63, 3.8) is 0 Å². The summed E-state index contributed by atoms with van der Waals surface area (Å²) in [6.45, 7) is 0.269. The molecule has 0 radical (unpaired) electrons. The molecule has 80 valence electrons. The summed E-state index contributed by atoms with van der Waals surface area (Å²) in [5.74, 6) is 2.15. The third-order valence-corrected chi connectivity index (χ3v) is 4.92. The van der Waals surface area contributed by atoms with Crippen LogP contribution in [0.25, 0.3) is 0 Å². The second kappa shape index (κ2) is 2.94. The highest BCUT2D eigenvalue weighted by Gasteiger charge is 2.56. The Bertz CT molecular complexity index is 238. The quantitative estimate of drug-likeness (QED) is 0.739. The molecule has 3 aliphatic carbocycles. The van der Waals surface area contributed by atoms with E-state index in [0.717, 1.165) is 25.2 Å². The van der Waals surface area contributed by atoms with Crippen molar-refractivity contribution < 1.29 is 4.39 Å². The van der Waals surface area contributed by atoms with E-state index in [9.17, 15) is 4.39 Å². The molecule has 2 bridgehead atoms. The lowest BCUT2D eigenvalue weighted by atomic mass is 9.75. The van der Waals surface area contributed by atoms with Gasteiger partial charge in [0.1, 0.15) is 5.67 Å². The predicted octanol–water partition coefficient (Wildman–Crippen LogP) is 2.50. The van der Waals surface area contributed by atoms with Gasteiger partial charge >= 0.3 is 0 Å². The van der Waals surface area contributed by atoms with Gasteiger partial charge in [-0.25, -0.2) is 4.39 Å². The summed E-state index contributed by atoms with van der Waals surface area (Å²) in [5.41, 5.74) is 4.70. The molecular formula is C12H20FN. The zero-order chi connectivity index (χ0) is 9.76. The number of fused-ring (bicyclic) bond motifs is 2. The first-order valence-corrected chi connectivity index (χ1v) is 6.13. The average Bonchev–Trinajstić information content (AvgIpc) is 2.87. The van der Waals surface area contributed by atoms with Gasteiger partial charge in [0.05, 0.1) is 0 Å². The number of hydrogen-bond acceptors (Lipinski definition) is 1. The van der Waals surface area contributed by atoms with Gasteiger partial charge in [0.15, 0.2) is 0 Å². The zero-order valence-electron chi connectivity index (χ0n) is 8.71. The summed E-state index contributed by atoms with van der Waals surface area (Å²) in [5, 5.41) is 0. The summed E-state index contributed by atoms with van der Waals surface area (Å²) in [7, 11) is 0. The molecular weight excluding hydrogens is 177 g/mol. The van der Waals surface area contributed by atoms with Crippen LogP contribution in [0.15, 0.2) is 0 Å². The molecule has 0 heterocycles. The number of hydrogen-bond donors (Lipinski definition) is 1. The van der Waals surface area contributed by atoms with Crippen molar-refractivity contribution in [1.82, 2.24) is 0 Å². The highest BCUT2D eigenvalue weighted by Crippen LogP contribution is 2.58. The average molecular weight is 197 g/mol. The maximum Gasteiger partial charge on any atom is 0.129 e. The monoisotopic (exact) mass is 197 g/mol. The van der Waals surface area contributed by atoms with E-state index >= 15 is 0 Å². The van der Waals surface area contributed by atoms with Gasteiger partial charge in [-0.15, -0.1) is 0 Å². The fourth-order valence-corrected chi connectivity index (χ4v) is 4.02. The topological polar surface area (TPSA) is 26.0 Å². The Morgan fingerprint density at radius 2 is 1.93 bits per heavy atom. The van der Waals surface area contributed by atoms with Crippen molar-refractivity contribution in [3.8, 4) is 0 Å². The molecule has 4 atom stereocenters. The Labute approximate surface area is 85.2 Å². The number of alkyl halides is 1. The van der Waals surface area contributed by atoms with E-state index in [-0.39, 0.29) is 6.54 Å². The molecule has 0 spiro atoms. The summed E-state index contributed by atoms with van der Waals surface area (Å²) >= 11 is 0. The summed E-state index contributed by atoms with van der Waals surface area (Å²) in [4.78, 5) is 0. The molecule has 4 unspecified atom stereocenters. The molecule has 0 aromatic rings. The van der Waals surface area contributed by atoms with Crippen LogP contribution in [0.4, 0.5) is 4.39 Å². The third kappa shape index (κ3) is 1.16.